The van der Waals surface area contributed by atoms with Crippen LogP contribution in [0.15, 0.2) is 36.9 Å². The summed E-state index contributed by atoms with van der Waals surface area (Å²) < 4.78 is 16.7. The van der Waals surface area contributed by atoms with Crippen LogP contribution >= 0.6 is 0 Å². The molecule has 0 aliphatic carbocycles. The molecule has 1 aromatic rings. The van der Waals surface area contributed by atoms with E-state index in [4.69, 9.17) is 14.2 Å². The van der Waals surface area contributed by atoms with Crippen molar-refractivity contribution < 1.29 is 23.8 Å². The Hall–Kier alpha value is -3.54. The standard InChI is InChI=1S/C46H70N2O5/c1-3-5-7-8-9-10-11-12-13-14-15-16-17-18-19-20-21-22-23-24-25-26-30-45(49)47-35-27-37-51-39-41-53-42-40-52-38-28-36-48-46(50)44-33-31-43(32-34-44)29-6-4-2/h4,31-34H,2-3,5,7-15,20-28,30,35-42H2,1H3,(H,47,49)(H,48,50). The summed E-state index contributed by atoms with van der Waals surface area (Å²) in [6, 6.07) is 7.16. The van der Waals surface area contributed by atoms with E-state index in [-0.39, 0.29) is 11.8 Å². The maximum atomic E-state index is 12.2. The van der Waals surface area contributed by atoms with Crippen molar-refractivity contribution in [2.45, 2.75) is 142 Å². The van der Waals surface area contributed by atoms with Crippen LogP contribution in [0.2, 0.25) is 0 Å². The molecular weight excluding hydrogens is 661 g/mol. The Kier molecular flexibility index (Phi) is 34.2. The summed E-state index contributed by atoms with van der Waals surface area (Å²) in [7, 11) is 0. The highest BCUT2D eigenvalue weighted by molar-refractivity contribution is 5.94. The summed E-state index contributed by atoms with van der Waals surface area (Å²) in [5.41, 5.74) is 1.45. The van der Waals surface area contributed by atoms with Crippen molar-refractivity contribution in [2.24, 2.45) is 0 Å². The predicted octanol–water partition coefficient (Wildman–Crippen LogP) is 9.34. The SMILES string of the molecule is C=CC#Cc1ccc(C(=O)NCCCOCCOCCOCCCNC(=O)CCCCCCCCC#CC#CCCCCCCCCCCCC)cc1. The van der Waals surface area contributed by atoms with E-state index in [0.717, 1.165) is 50.5 Å². The minimum Gasteiger partial charge on any atom is -0.379 e. The molecule has 0 fully saturated rings. The molecule has 1 aromatic carbocycles. The fourth-order valence-electron chi connectivity index (χ4n) is 5.47. The van der Waals surface area contributed by atoms with Crippen LogP contribution < -0.4 is 10.6 Å². The molecule has 7 heteroatoms. The van der Waals surface area contributed by atoms with Gasteiger partial charge >= 0.3 is 0 Å². The van der Waals surface area contributed by atoms with Gasteiger partial charge in [-0.3, -0.25) is 9.59 Å². The quantitative estimate of drug-likeness (QED) is 0.0556. The summed E-state index contributed by atoms with van der Waals surface area (Å²) in [5, 5.41) is 5.88. The molecule has 0 aliphatic heterocycles. The lowest BCUT2D eigenvalue weighted by Crippen LogP contribution is -2.25. The zero-order valence-electron chi connectivity index (χ0n) is 33.1. The average molecular weight is 731 g/mol. The van der Waals surface area contributed by atoms with Crippen molar-refractivity contribution in [2.75, 3.05) is 52.7 Å². The summed E-state index contributed by atoms with van der Waals surface area (Å²) in [5.74, 6) is 18.2. The molecule has 7 nitrogen and oxygen atoms in total. The molecule has 0 heterocycles. The van der Waals surface area contributed by atoms with E-state index >= 15 is 0 Å². The first kappa shape index (κ1) is 47.5. The van der Waals surface area contributed by atoms with E-state index in [0.29, 0.717) is 64.7 Å². The molecular formula is C46H70N2O5. The molecule has 0 radical (unpaired) electrons. The number of benzene rings is 1. The molecule has 53 heavy (non-hydrogen) atoms. The smallest absolute Gasteiger partial charge is 0.251 e. The molecule has 0 atom stereocenters. The Labute approximate surface area is 323 Å². The summed E-state index contributed by atoms with van der Waals surface area (Å²) >= 11 is 0. The number of rotatable bonds is 33. The second-order valence-electron chi connectivity index (χ2n) is 13.4. The second-order valence-corrected chi connectivity index (χ2v) is 13.4. The first-order valence-corrected chi connectivity index (χ1v) is 20.6. The van der Waals surface area contributed by atoms with Gasteiger partial charge in [-0.1, -0.05) is 121 Å². The van der Waals surface area contributed by atoms with Crippen molar-refractivity contribution in [1.29, 1.82) is 0 Å². The van der Waals surface area contributed by atoms with Crippen LogP contribution in [-0.4, -0.2) is 64.5 Å². The van der Waals surface area contributed by atoms with Crippen LogP contribution in [0.4, 0.5) is 0 Å². The molecule has 0 unspecified atom stereocenters. The minimum atomic E-state index is -0.111. The molecule has 2 amide bonds. The van der Waals surface area contributed by atoms with E-state index in [9.17, 15) is 9.59 Å². The van der Waals surface area contributed by atoms with Gasteiger partial charge in [-0.15, -0.1) is 0 Å². The molecule has 1 rings (SSSR count). The van der Waals surface area contributed by atoms with Gasteiger partial charge in [-0.25, -0.2) is 0 Å². The first-order valence-electron chi connectivity index (χ1n) is 20.6. The zero-order valence-corrected chi connectivity index (χ0v) is 33.1. The van der Waals surface area contributed by atoms with Crippen LogP contribution in [0, 0.1) is 35.5 Å². The largest absolute Gasteiger partial charge is 0.379 e. The van der Waals surface area contributed by atoms with Crippen LogP contribution in [0.25, 0.3) is 0 Å². The molecule has 0 aliphatic rings. The van der Waals surface area contributed by atoms with Gasteiger partial charge in [0.25, 0.3) is 5.91 Å². The second kappa shape index (κ2) is 38.2. The number of ether oxygens (including phenoxy) is 3. The number of allylic oxidation sites excluding steroid dienone is 1. The Morgan fingerprint density at radius 3 is 1.60 bits per heavy atom. The Morgan fingerprint density at radius 2 is 1.08 bits per heavy atom. The van der Waals surface area contributed by atoms with Gasteiger partial charge in [0.2, 0.25) is 5.91 Å². The van der Waals surface area contributed by atoms with Crippen LogP contribution in [0.1, 0.15) is 158 Å². The van der Waals surface area contributed by atoms with Gasteiger partial charge in [0.15, 0.2) is 0 Å². The number of nitrogens with one attached hydrogen (secondary N) is 2. The van der Waals surface area contributed by atoms with Gasteiger partial charge < -0.3 is 24.8 Å². The fraction of sp³-hybridized carbons (Fsp3) is 0.652. The number of hydrogen-bond acceptors (Lipinski definition) is 5. The van der Waals surface area contributed by atoms with Crippen molar-refractivity contribution in [3.8, 4) is 35.5 Å². The van der Waals surface area contributed by atoms with Gasteiger partial charge in [-0.2, -0.15) is 0 Å². The van der Waals surface area contributed by atoms with Gasteiger partial charge in [0, 0.05) is 56.7 Å². The van der Waals surface area contributed by atoms with E-state index in [1.807, 2.05) is 12.1 Å². The van der Waals surface area contributed by atoms with Crippen molar-refractivity contribution in [3.05, 3.63) is 48.0 Å². The number of hydrogen-bond donors (Lipinski definition) is 2. The van der Waals surface area contributed by atoms with Crippen molar-refractivity contribution >= 4 is 11.8 Å². The Balaban J connectivity index is 1.78. The summed E-state index contributed by atoms with van der Waals surface area (Å²) in [6.07, 6.45) is 25.9. The third-order valence-electron chi connectivity index (χ3n) is 8.60. The summed E-state index contributed by atoms with van der Waals surface area (Å²) in [4.78, 5) is 24.3. The molecule has 294 valence electrons. The lowest BCUT2D eigenvalue weighted by Gasteiger charge is -2.08. The van der Waals surface area contributed by atoms with E-state index < -0.39 is 0 Å². The Bertz CT molecular complexity index is 1240. The number of unbranched alkanes of at least 4 members (excludes halogenated alkanes) is 16. The van der Waals surface area contributed by atoms with Gasteiger partial charge in [-0.05, 0) is 74.3 Å². The lowest BCUT2D eigenvalue weighted by atomic mass is 10.1. The highest BCUT2D eigenvalue weighted by Crippen LogP contribution is 2.11. The number of amides is 2. The van der Waals surface area contributed by atoms with Crippen molar-refractivity contribution in [3.63, 3.8) is 0 Å². The highest BCUT2D eigenvalue weighted by atomic mass is 16.5. The van der Waals surface area contributed by atoms with E-state index in [2.05, 4.69) is 59.7 Å². The van der Waals surface area contributed by atoms with Crippen LogP contribution in [-0.2, 0) is 19.0 Å². The van der Waals surface area contributed by atoms with Gasteiger partial charge in [0.05, 0.1) is 26.4 Å². The van der Waals surface area contributed by atoms with E-state index in [1.165, 1.54) is 89.5 Å². The average Bonchev–Trinajstić information content (AvgIpc) is 3.17. The monoisotopic (exact) mass is 731 g/mol. The number of carbonyl (C=O) groups excluding carboxylic acids is 2. The van der Waals surface area contributed by atoms with Gasteiger partial charge in [0.1, 0.15) is 0 Å². The lowest BCUT2D eigenvalue weighted by molar-refractivity contribution is -0.121. The molecule has 0 saturated heterocycles. The van der Waals surface area contributed by atoms with Crippen LogP contribution in [0.5, 0.6) is 0 Å². The molecule has 2 N–H and O–H groups in total. The third kappa shape index (κ3) is 32.8. The maximum absolute atomic E-state index is 12.2. The first-order chi connectivity index (χ1) is 26.2. The minimum absolute atomic E-state index is 0.111. The molecule has 0 spiro atoms. The van der Waals surface area contributed by atoms with E-state index in [1.54, 1.807) is 12.1 Å². The normalized spacial score (nSPS) is 10.3. The predicted molar refractivity (Wildman–Crippen MR) is 219 cm³/mol. The fourth-order valence-corrected chi connectivity index (χ4v) is 5.47. The highest BCUT2D eigenvalue weighted by Gasteiger charge is 2.04. The summed E-state index contributed by atoms with van der Waals surface area (Å²) in [6.45, 7) is 10.2. The molecule has 0 saturated carbocycles. The maximum Gasteiger partial charge on any atom is 0.251 e. The topological polar surface area (TPSA) is 85.9 Å². The van der Waals surface area contributed by atoms with Crippen molar-refractivity contribution in [1.82, 2.24) is 10.6 Å². The molecule has 0 bridgehead atoms. The van der Waals surface area contributed by atoms with Crippen LogP contribution in [0.3, 0.4) is 0 Å². The zero-order chi connectivity index (χ0) is 38.1. The third-order valence-corrected chi connectivity index (χ3v) is 8.60. The Morgan fingerprint density at radius 1 is 0.604 bits per heavy atom. The number of carbonyl (C=O) groups is 2. The molecule has 0 aromatic heterocycles.